The monoisotopic (exact) mass is 350 g/mol. The zero-order valence-corrected chi connectivity index (χ0v) is 11.4. The molecule has 1 rings (SSSR count). The molecule has 2 N–H and O–H groups in total. The number of anilines is 1. The lowest BCUT2D eigenvalue weighted by Crippen LogP contribution is -2.31. The molecule has 0 unspecified atom stereocenters. The van der Waals surface area contributed by atoms with Gasteiger partial charge in [-0.25, -0.2) is 9.97 Å². The second-order valence-electron chi connectivity index (χ2n) is 2.79. The van der Waals surface area contributed by atoms with E-state index in [1.807, 2.05) is 0 Å². The topological polar surface area (TPSA) is 84.0 Å². The predicted molar refractivity (Wildman–Crippen MR) is 64.7 cm³/mol. The predicted octanol–water partition coefficient (Wildman–Crippen LogP) is 1.08. The van der Waals surface area contributed by atoms with Crippen molar-refractivity contribution < 1.29 is 9.59 Å². The number of hydrogen-bond acceptors (Lipinski definition) is 4. The van der Waals surface area contributed by atoms with Crippen LogP contribution in [0.2, 0.25) is 0 Å². The van der Waals surface area contributed by atoms with E-state index in [1.165, 1.54) is 13.1 Å². The average Bonchev–Trinajstić information content (AvgIpc) is 2.19. The van der Waals surface area contributed by atoms with Crippen molar-refractivity contribution in [2.45, 2.75) is 6.92 Å². The van der Waals surface area contributed by atoms with Crippen LogP contribution >= 0.6 is 31.9 Å². The number of amides is 2. The Balaban J connectivity index is 2.59. The zero-order valence-electron chi connectivity index (χ0n) is 8.25. The summed E-state index contributed by atoms with van der Waals surface area (Å²) in [5.41, 5.74) is 0. The van der Waals surface area contributed by atoms with Crippen molar-refractivity contribution in [2.24, 2.45) is 0 Å². The van der Waals surface area contributed by atoms with E-state index in [4.69, 9.17) is 0 Å². The molecule has 0 aromatic carbocycles. The van der Waals surface area contributed by atoms with E-state index in [-0.39, 0.29) is 18.4 Å². The second kappa shape index (κ2) is 5.90. The van der Waals surface area contributed by atoms with Gasteiger partial charge < -0.3 is 10.6 Å². The van der Waals surface area contributed by atoms with Crippen molar-refractivity contribution >= 4 is 49.5 Å². The number of carbonyl (C=O) groups is 2. The van der Waals surface area contributed by atoms with Gasteiger partial charge in [0.2, 0.25) is 11.8 Å². The van der Waals surface area contributed by atoms with Crippen LogP contribution in [0.25, 0.3) is 0 Å². The third-order valence-corrected chi connectivity index (χ3v) is 2.39. The zero-order chi connectivity index (χ0) is 12.1. The minimum atomic E-state index is -0.368. The average molecular weight is 352 g/mol. The largest absolute Gasteiger partial charge is 0.347 e. The number of nitrogens with zero attached hydrogens (tertiary/aromatic N) is 2. The molecule has 16 heavy (non-hydrogen) atoms. The van der Waals surface area contributed by atoms with Gasteiger partial charge in [0.05, 0.1) is 12.7 Å². The van der Waals surface area contributed by atoms with Crippen molar-refractivity contribution in [1.29, 1.82) is 0 Å². The summed E-state index contributed by atoms with van der Waals surface area (Å²) in [4.78, 5) is 29.8. The second-order valence-corrected chi connectivity index (χ2v) is 4.35. The summed E-state index contributed by atoms with van der Waals surface area (Å²) >= 11 is 6.29. The molecular formula is C8H8Br2N4O2. The van der Waals surface area contributed by atoms with Gasteiger partial charge in [-0.05, 0) is 31.9 Å². The smallest absolute Gasteiger partial charge is 0.244 e. The van der Waals surface area contributed by atoms with Crippen molar-refractivity contribution in [3.63, 3.8) is 0 Å². The molecule has 0 aliphatic carbocycles. The van der Waals surface area contributed by atoms with Gasteiger partial charge in [0.15, 0.2) is 5.82 Å². The van der Waals surface area contributed by atoms with Gasteiger partial charge in [-0.15, -0.1) is 0 Å². The lowest BCUT2D eigenvalue weighted by atomic mass is 10.5. The first kappa shape index (κ1) is 13.0. The summed E-state index contributed by atoms with van der Waals surface area (Å²) in [5.74, 6) is -0.331. The van der Waals surface area contributed by atoms with E-state index in [9.17, 15) is 9.59 Å². The van der Waals surface area contributed by atoms with Crippen LogP contribution in [0.1, 0.15) is 6.92 Å². The summed E-state index contributed by atoms with van der Waals surface area (Å²) in [6, 6.07) is 0. The van der Waals surface area contributed by atoms with E-state index in [2.05, 4.69) is 52.5 Å². The van der Waals surface area contributed by atoms with Crippen LogP contribution in [0, 0.1) is 0 Å². The summed E-state index contributed by atoms with van der Waals surface area (Å²) in [5, 5.41) is 4.87. The van der Waals surface area contributed by atoms with E-state index in [0.717, 1.165) is 0 Å². The highest BCUT2D eigenvalue weighted by Gasteiger charge is 2.08. The summed E-state index contributed by atoms with van der Waals surface area (Å²) in [6.07, 6.45) is 1.46. The Morgan fingerprint density at radius 2 is 2.12 bits per heavy atom. The number of hydrogen-bond donors (Lipinski definition) is 2. The van der Waals surface area contributed by atoms with E-state index in [1.54, 1.807) is 0 Å². The molecule has 1 aromatic rings. The minimum Gasteiger partial charge on any atom is -0.347 e. The minimum absolute atomic E-state index is 0.0977. The van der Waals surface area contributed by atoms with Gasteiger partial charge in [0.1, 0.15) is 9.21 Å². The Morgan fingerprint density at radius 1 is 1.44 bits per heavy atom. The molecule has 86 valence electrons. The van der Waals surface area contributed by atoms with Crippen LogP contribution in [0.4, 0.5) is 5.82 Å². The van der Waals surface area contributed by atoms with E-state index < -0.39 is 0 Å². The number of nitrogens with one attached hydrogen (secondary N) is 2. The quantitative estimate of drug-likeness (QED) is 0.853. The van der Waals surface area contributed by atoms with Crippen LogP contribution in [-0.4, -0.2) is 28.3 Å². The standard InChI is InChI=1S/C8H8Br2N4O2/c1-4(15)11-3-6(16)14-8-7(10)13-5(9)2-12-8/h2H,3H2,1H3,(H,11,15)(H,12,14,16). The third kappa shape index (κ3) is 4.23. The Hall–Kier alpha value is -1.02. The number of carbonyl (C=O) groups excluding carboxylic acids is 2. The molecule has 8 heteroatoms. The molecule has 1 aromatic heterocycles. The maximum absolute atomic E-state index is 11.3. The van der Waals surface area contributed by atoms with Crippen LogP contribution in [0.15, 0.2) is 15.4 Å². The lowest BCUT2D eigenvalue weighted by molar-refractivity contribution is -0.122. The molecule has 2 amide bonds. The molecular weight excluding hydrogens is 344 g/mol. The van der Waals surface area contributed by atoms with Crippen molar-refractivity contribution in [3.8, 4) is 0 Å². The number of rotatable bonds is 3. The highest BCUT2D eigenvalue weighted by Crippen LogP contribution is 2.18. The summed E-state index contributed by atoms with van der Waals surface area (Å²) in [7, 11) is 0. The van der Waals surface area contributed by atoms with Crippen LogP contribution in [-0.2, 0) is 9.59 Å². The van der Waals surface area contributed by atoms with Crippen molar-refractivity contribution in [3.05, 3.63) is 15.4 Å². The maximum Gasteiger partial charge on any atom is 0.244 e. The molecule has 0 aliphatic rings. The molecule has 0 fully saturated rings. The Labute approximate surface area is 108 Å². The summed E-state index contributed by atoms with van der Waals surface area (Å²) in [6.45, 7) is 1.24. The van der Waals surface area contributed by atoms with Gasteiger partial charge in [0, 0.05) is 6.92 Å². The van der Waals surface area contributed by atoms with Gasteiger partial charge >= 0.3 is 0 Å². The fourth-order valence-electron chi connectivity index (χ4n) is 0.812. The highest BCUT2D eigenvalue weighted by atomic mass is 79.9. The SMILES string of the molecule is CC(=O)NCC(=O)Nc1ncc(Br)nc1Br. The van der Waals surface area contributed by atoms with E-state index in [0.29, 0.717) is 15.0 Å². The Morgan fingerprint density at radius 3 is 2.69 bits per heavy atom. The van der Waals surface area contributed by atoms with Crippen LogP contribution in [0.3, 0.4) is 0 Å². The first-order valence-corrected chi connectivity index (χ1v) is 5.80. The lowest BCUT2D eigenvalue weighted by Gasteiger charge is -2.05. The highest BCUT2D eigenvalue weighted by molar-refractivity contribution is 9.11. The normalized spacial score (nSPS) is 9.69. The Kier molecular flexibility index (Phi) is 4.81. The molecule has 0 atom stereocenters. The first-order chi connectivity index (χ1) is 7.49. The Bertz CT molecular complexity index is 424. The fourth-order valence-corrected chi connectivity index (χ4v) is 1.72. The van der Waals surface area contributed by atoms with Gasteiger partial charge in [-0.1, -0.05) is 0 Å². The molecule has 0 bridgehead atoms. The molecule has 0 saturated heterocycles. The van der Waals surface area contributed by atoms with Gasteiger partial charge in [-0.3, -0.25) is 9.59 Å². The molecule has 1 heterocycles. The fraction of sp³-hybridized carbons (Fsp3) is 0.250. The van der Waals surface area contributed by atoms with Crippen molar-refractivity contribution in [2.75, 3.05) is 11.9 Å². The number of aromatic nitrogens is 2. The van der Waals surface area contributed by atoms with Gasteiger partial charge in [0.25, 0.3) is 0 Å². The van der Waals surface area contributed by atoms with Crippen LogP contribution < -0.4 is 10.6 Å². The molecule has 6 nitrogen and oxygen atoms in total. The molecule has 0 spiro atoms. The van der Waals surface area contributed by atoms with Crippen molar-refractivity contribution in [1.82, 2.24) is 15.3 Å². The molecule has 0 radical (unpaired) electrons. The molecule has 0 saturated carbocycles. The van der Waals surface area contributed by atoms with E-state index >= 15 is 0 Å². The van der Waals surface area contributed by atoms with Gasteiger partial charge in [-0.2, -0.15) is 0 Å². The first-order valence-electron chi connectivity index (χ1n) is 4.21. The maximum atomic E-state index is 11.3. The third-order valence-electron chi connectivity index (χ3n) is 1.46. The molecule has 0 aliphatic heterocycles. The van der Waals surface area contributed by atoms with Crippen LogP contribution in [0.5, 0.6) is 0 Å². The number of halogens is 2. The summed E-state index contributed by atoms with van der Waals surface area (Å²) < 4.78 is 0.970.